The smallest absolute Gasteiger partial charge is 0.310 e. The van der Waals surface area contributed by atoms with Crippen LogP contribution in [0.15, 0.2) is 18.2 Å². The fourth-order valence-electron chi connectivity index (χ4n) is 1.52. The normalized spacial score (nSPS) is 10.8. The topological polar surface area (TPSA) is 98.5 Å². The second-order valence-electron chi connectivity index (χ2n) is 5.18. The zero-order valence-corrected chi connectivity index (χ0v) is 12.2. The van der Waals surface area contributed by atoms with E-state index in [1.165, 1.54) is 18.2 Å². The molecule has 0 heterocycles. The number of nitrogens with zero attached hydrogens (tertiary/aromatic N) is 1. The van der Waals surface area contributed by atoms with Gasteiger partial charge in [0.15, 0.2) is 12.4 Å². The molecular weight excluding hydrogens is 276 g/mol. The van der Waals surface area contributed by atoms with Crippen LogP contribution in [-0.4, -0.2) is 29.3 Å². The van der Waals surface area contributed by atoms with E-state index in [4.69, 9.17) is 4.74 Å². The van der Waals surface area contributed by atoms with E-state index in [2.05, 4.69) is 5.32 Å². The van der Waals surface area contributed by atoms with Crippen LogP contribution in [0.2, 0.25) is 0 Å². The molecule has 1 N–H and O–H groups in total. The molecule has 0 atom stereocenters. The van der Waals surface area contributed by atoms with Crippen LogP contribution in [0, 0.1) is 10.1 Å². The van der Waals surface area contributed by atoms with Crippen LogP contribution in [0.1, 0.15) is 37.6 Å². The molecule has 0 aromatic heterocycles. The Hall–Kier alpha value is -2.44. The van der Waals surface area contributed by atoms with E-state index in [1.807, 2.05) is 20.8 Å². The Morgan fingerprint density at radius 1 is 1.48 bits per heavy atom. The number of hydrogen-bond donors (Lipinski definition) is 1. The fourth-order valence-corrected chi connectivity index (χ4v) is 1.52. The lowest BCUT2D eigenvalue weighted by molar-refractivity contribution is -0.385. The highest BCUT2D eigenvalue weighted by Crippen LogP contribution is 2.27. The summed E-state index contributed by atoms with van der Waals surface area (Å²) in [6.45, 7) is 5.30. The Balaban J connectivity index is 2.80. The van der Waals surface area contributed by atoms with Crippen LogP contribution >= 0.6 is 0 Å². The molecule has 21 heavy (non-hydrogen) atoms. The lowest BCUT2D eigenvalue weighted by Gasteiger charge is -2.24. The van der Waals surface area contributed by atoms with E-state index < -0.39 is 4.92 Å². The van der Waals surface area contributed by atoms with Crippen molar-refractivity contribution in [3.05, 3.63) is 33.9 Å². The third kappa shape index (κ3) is 4.87. The van der Waals surface area contributed by atoms with Crippen molar-refractivity contribution in [2.75, 3.05) is 6.61 Å². The summed E-state index contributed by atoms with van der Waals surface area (Å²) in [7, 11) is 0. The van der Waals surface area contributed by atoms with E-state index in [0.717, 1.165) is 6.42 Å². The van der Waals surface area contributed by atoms with Gasteiger partial charge in [-0.15, -0.1) is 0 Å². The molecule has 0 aliphatic carbocycles. The maximum atomic E-state index is 11.8. The van der Waals surface area contributed by atoms with Crippen molar-refractivity contribution in [3.8, 4) is 5.75 Å². The third-order valence-electron chi connectivity index (χ3n) is 3.04. The number of hydrogen-bond acceptors (Lipinski definition) is 5. The number of aldehydes is 1. The Bertz CT molecular complexity index is 554. The monoisotopic (exact) mass is 294 g/mol. The van der Waals surface area contributed by atoms with E-state index in [0.29, 0.717) is 6.29 Å². The van der Waals surface area contributed by atoms with Crippen molar-refractivity contribution in [3.63, 3.8) is 0 Å². The van der Waals surface area contributed by atoms with Crippen molar-refractivity contribution in [1.29, 1.82) is 0 Å². The van der Waals surface area contributed by atoms with Gasteiger partial charge in [-0.3, -0.25) is 19.7 Å². The number of rotatable bonds is 7. The number of nitro groups is 1. The number of nitrogens with one attached hydrogen (secondary N) is 1. The molecule has 114 valence electrons. The first-order valence-corrected chi connectivity index (χ1v) is 6.46. The van der Waals surface area contributed by atoms with Gasteiger partial charge in [0.2, 0.25) is 0 Å². The second kappa shape index (κ2) is 6.83. The first-order chi connectivity index (χ1) is 9.79. The standard InChI is InChI=1S/C14H18N2O5/c1-4-14(2,3)15-13(18)9-21-12-7-10(8-17)5-6-11(12)16(19)20/h5-8H,4,9H2,1-3H3,(H,15,18). The van der Waals surface area contributed by atoms with E-state index in [1.54, 1.807) is 0 Å². The quantitative estimate of drug-likeness (QED) is 0.471. The molecule has 1 aromatic carbocycles. The molecule has 0 radical (unpaired) electrons. The van der Waals surface area contributed by atoms with Crippen LogP contribution in [0.3, 0.4) is 0 Å². The molecule has 0 saturated carbocycles. The number of nitro benzene ring substituents is 1. The zero-order valence-electron chi connectivity index (χ0n) is 12.2. The van der Waals surface area contributed by atoms with Gasteiger partial charge in [0.25, 0.3) is 5.91 Å². The highest BCUT2D eigenvalue weighted by molar-refractivity contribution is 5.79. The van der Waals surface area contributed by atoms with Crippen molar-refractivity contribution < 1.29 is 19.2 Å². The molecule has 1 amide bonds. The molecule has 1 aromatic rings. The predicted octanol–water partition coefficient (Wildman–Crippen LogP) is 2.09. The van der Waals surface area contributed by atoms with Crippen LogP contribution in [0.25, 0.3) is 0 Å². The maximum absolute atomic E-state index is 11.8. The molecule has 0 fully saturated rings. The lowest BCUT2D eigenvalue weighted by Crippen LogP contribution is -2.44. The van der Waals surface area contributed by atoms with Gasteiger partial charge in [0, 0.05) is 17.2 Å². The van der Waals surface area contributed by atoms with Crippen LogP contribution in [0.4, 0.5) is 5.69 Å². The van der Waals surface area contributed by atoms with Crippen molar-refractivity contribution in [2.24, 2.45) is 0 Å². The summed E-state index contributed by atoms with van der Waals surface area (Å²) in [6, 6.07) is 3.73. The molecule has 7 heteroatoms. The zero-order chi connectivity index (χ0) is 16.0. The SMILES string of the molecule is CCC(C)(C)NC(=O)COc1cc(C=O)ccc1[N+](=O)[O-]. The summed E-state index contributed by atoms with van der Waals surface area (Å²) in [5.41, 5.74) is -0.426. The van der Waals surface area contributed by atoms with Gasteiger partial charge in [0.1, 0.15) is 6.29 Å². The summed E-state index contributed by atoms with van der Waals surface area (Å²) < 4.78 is 5.18. The van der Waals surface area contributed by atoms with Gasteiger partial charge >= 0.3 is 5.69 Å². The number of ether oxygens (including phenoxy) is 1. The molecule has 0 unspecified atom stereocenters. The Morgan fingerprint density at radius 3 is 2.67 bits per heavy atom. The average molecular weight is 294 g/mol. The number of carbonyl (C=O) groups excluding carboxylic acids is 2. The van der Waals surface area contributed by atoms with E-state index >= 15 is 0 Å². The highest BCUT2D eigenvalue weighted by Gasteiger charge is 2.20. The Labute approximate surface area is 122 Å². The number of carbonyl (C=O) groups is 2. The van der Waals surface area contributed by atoms with Gasteiger partial charge in [-0.25, -0.2) is 0 Å². The lowest BCUT2D eigenvalue weighted by atomic mass is 10.0. The minimum Gasteiger partial charge on any atom is -0.477 e. The highest BCUT2D eigenvalue weighted by atomic mass is 16.6. The molecule has 0 spiro atoms. The van der Waals surface area contributed by atoms with Crippen LogP contribution in [-0.2, 0) is 4.79 Å². The first-order valence-electron chi connectivity index (χ1n) is 6.46. The molecular formula is C14H18N2O5. The maximum Gasteiger partial charge on any atom is 0.310 e. The molecule has 7 nitrogen and oxygen atoms in total. The van der Waals surface area contributed by atoms with Crippen molar-refractivity contribution >= 4 is 17.9 Å². The first kappa shape index (κ1) is 16.6. The van der Waals surface area contributed by atoms with Gasteiger partial charge in [-0.1, -0.05) is 6.92 Å². The third-order valence-corrected chi connectivity index (χ3v) is 3.04. The fraction of sp³-hybridized carbons (Fsp3) is 0.429. The second-order valence-corrected chi connectivity index (χ2v) is 5.18. The molecule has 0 saturated heterocycles. The summed E-state index contributed by atoms with van der Waals surface area (Å²) in [5, 5.41) is 13.6. The minimum atomic E-state index is -0.627. The van der Waals surface area contributed by atoms with Gasteiger partial charge in [-0.2, -0.15) is 0 Å². The number of benzene rings is 1. The summed E-state index contributed by atoms with van der Waals surface area (Å²) in [4.78, 5) is 32.7. The molecule has 0 aliphatic rings. The predicted molar refractivity (Wildman–Crippen MR) is 76.5 cm³/mol. The van der Waals surface area contributed by atoms with Crippen LogP contribution in [0.5, 0.6) is 5.75 Å². The molecule has 0 bridgehead atoms. The molecule has 1 rings (SSSR count). The van der Waals surface area contributed by atoms with Crippen molar-refractivity contribution in [2.45, 2.75) is 32.7 Å². The largest absolute Gasteiger partial charge is 0.477 e. The summed E-state index contributed by atoms with van der Waals surface area (Å²) in [5.74, 6) is -0.485. The van der Waals surface area contributed by atoms with E-state index in [-0.39, 0.29) is 35.1 Å². The van der Waals surface area contributed by atoms with Gasteiger partial charge in [0.05, 0.1) is 4.92 Å². The summed E-state index contributed by atoms with van der Waals surface area (Å²) in [6.07, 6.45) is 1.29. The van der Waals surface area contributed by atoms with Crippen molar-refractivity contribution in [1.82, 2.24) is 5.32 Å². The Morgan fingerprint density at radius 2 is 2.14 bits per heavy atom. The number of amides is 1. The Kier molecular flexibility index (Phi) is 5.40. The molecule has 0 aliphatic heterocycles. The van der Waals surface area contributed by atoms with Crippen LogP contribution < -0.4 is 10.1 Å². The minimum absolute atomic E-state index is 0.103. The average Bonchev–Trinajstić information content (AvgIpc) is 2.44. The van der Waals surface area contributed by atoms with Gasteiger partial charge in [-0.05, 0) is 32.4 Å². The summed E-state index contributed by atoms with van der Waals surface area (Å²) >= 11 is 0. The van der Waals surface area contributed by atoms with Gasteiger partial charge < -0.3 is 10.1 Å². The van der Waals surface area contributed by atoms with E-state index in [9.17, 15) is 19.7 Å².